The Kier molecular flexibility index (Phi) is 8.56. The van der Waals surface area contributed by atoms with Gasteiger partial charge >= 0.3 is 0 Å². The summed E-state index contributed by atoms with van der Waals surface area (Å²) in [5.41, 5.74) is 2.99. The van der Waals surface area contributed by atoms with Crippen molar-refractivity contribution in [3.05, 3.63) is 0 Å². The highest BCUT2D eigenvalue weighted by atomic mass is 32.4. The maximum Gasteiger partial charge on any atom is 0.130 e. The van der Waals surface area contributed by atoms with Gasteiger partial charge in [-0.05, 0) is 62.7 Å². The van der Waals surface area contributed by atoms with E-state index in [1.807, 2.05) is 0 Å². The molecule has 4 aliphatic rings. The lowest BCUT2D eigenvalue weighted by molar-refractivity contribution is 0.410. The van der Waals surface area contributed by atoms with Crippen molar-refractivity contribution in [2.75, 3.05) is 0 Å². The molecule has 0 unspecified atom stereocenters. The minimum atomic E-state index is -1.64. The third-order valence-corrected chi connectivity index (χ3v) is 14.8. The Balaban J connectivity index is 1.65. The van der Waals surface area contributed by atoms with E-state index in [1.165, 1.54) is 134 Å². The van der Waals surface area contributed by atoms with E-state index in [1.54, 1.807) is 0 Å². The van der Waals surface area contributed by atoms with Crippen molar-refractivity contribution in [3.8, 4) is 0 Å². The monoisotopic (exact) mass is 436 g/mol. The molecule has 4 rings (SSSR count). The molecule has 0 aromatic carbocycles. The molecular formula is C25H45N2PS. The van der Waals surface area contributed by atoms with Gasteiger partial charge in [0.15, 0.2) is 0 Å². The SMILES string of the molecule is S=P(C(=NC1CCCCC1)NC1CCCCC1)(C1CCCCC1)C1CCCCC1. The summed E-state index contributed by atoms with van der Waals surface area (Å²) in [6.07, 6.45) is 27.8. The number of aliphatic imine (C=N–C) groups is 1. The lowest BCUT2D eigenvalue weighted by atomic mass is 9.95. The summed E-state index contributed by atoms with van der Waals surface area (Å²) in [6, 6.07) is -0.428. The Morgan fingerprint density at radius 2 is 1.00 bits per heavy atom. The van der Waals surface area contributed by atoms with Gasteiger partial charge in [0.2, 0.25) is 0 Å². The smallest absolute Gasteiger partial charge is 0.130 e. The van der Waals surface area contributed by atoms with Gasteiger partial charge in [0, 0.05) is 12.1 Å². The summed E-state index contributed by atoms with van der Waals surface area (Å²) in [7, 11) is 0. The normalized spacial score (nSPS) is 27.8. The lowest BCUT2D eigenvalue weighted by Crippen LogP contribution is -2.41. The third-order valence-electron chi connectivity index (χ3n) is 8.38. The minimum Gasteiger partial charge on any atom is -0.367 e. The molecule has 0 heterocycles. The fraction of sp³-hybridized carbons (Fsp3) is 0.960. The highest BCUT2D eigenvalue weighted by molar-refractivity contribution is 8.23. The molecule has 2 nitrogen and oxygen atoms in total. The van der Waals surface area contributed by atoms with Crippen LogP contribution in [0.15, 0.2) is 4.99 Å². The molecule has 0 atom stereocenters. The van der Waals surface area contributed by atoms with Crippen LogP contribution < -0.4 is 5.32 Å². The molecule has 0 spiro atoms. The first kappa shape index (κ1) is 22.3. The van der Waals surface area contributed by atoms with Crippen LogP contribution in [0.5, 0.6) is 0 Å². The van der Waals surface area contributed by atoms with Crippen LogP contribution in [0.4, 0.5) is 0 Å². The molecule has 0 amide bonds. The van der Waals surface area contributed by atoms with E-state index >= 15 is 0 Å². The second-order valence-corrected chi connectivity index (χ2v) is 15.6. The minimum absolute atomic E-state index is 0.560. The van der Waals surface area contributed by atoms with Crippen LogP contribution in [0.3, 0.4) is 0 Å². The Bertz CT molecular complexity index is 543. The van der Waals surface area contributed by atoms with Crippen molar-refractivity contribution in [1.29, 1.82) is 0 Å². The highest BCUT2D eigenvalue weighted by Crippen LogP contribution is 2.63. The fourth-order valence-electron chi connectivity index (χ4n) is 6.61. The van der Waals surface area contributed by atoms with E-state index in [-0.39, 0.29) is 0 Å². The molecule has 4 heteroatoms. The number of amidine groups is 1. The van der Waals surface area contributed by atoms with Gasteiger partial charge in [0.25, 0.3) is 0 Å². The standard InChI is InChI=1S/C25H45N2PS/c29-28(23-17-9-3-10-18-23,24-19-11-4-12-20-24)25(26-21-13-5-1-6-14-21)27-22-15-7-2-8-16-22/h21-24H,1-20H2,(H,26,27). The van der Waals surface area contributed by atoms with Gasteiger partial charge in [-0.2, -0.15) is 0 Å². The molecule has 0 aromatic rings. The van der Waals surface area contributed by atoms with Crippen LogP contribution in [-0.2, 0) is 11.8 Å². The second-order valence-electron chi connectivity index (χ2n) is 10.5. The lowest BCUT2D eigenvalue weighted by Gasteiger charge is -2.43. The third kappa shape index (κ3) is 5.68. The molecular weight excluding hydrogens is 391 g/mol. The Hall–Kier alpha value is 0.120. The second kappa shape index (κ2) is 11.1. The van der Waals surface area contributed by atoms with E-state index in [9.17, 15) is 0 Å². The van der Waals surface area contributed by atoms with Crippen LogP contribution >= 0.6 is 6.04 Å². The molecule has 0 radical (unpaired) electrons. The first-order chi connectivity index (χ1) is 14.3. The van der Waals surface area contributed by atoms with Crippen LogP contribution in [-0.4, -0.2) is 29.0 Å². The number of nitrogens with zero attached hydrogens (tertiary/aromatic N) is 1. The number of hydrogen-bond donors (Lipinski definition) is 1. The molecule has 0 saturated heterocycles. The molecule has 4 aliphatic carbocycles. The fourth-order valence-corrected chi connectivity index (χ4v) is 12.5. The Morgan fingerprint density at radius 1 is 0.586 bits per heavy atom. The summed E-state index contributed by atoms with van der Waals surface area (Å²) in [5.74, 6) is 0. The highest BCUT2D eigenvalue weighted by Gasteiger charge is 2.42. The van der Waals surface area contributed by atoms with Crippen molar-refractivity contribution >= 4 is 23.4 Å². The molecule has 0 aliphatic heterocycles. The topological polar surface area (TPSA) is 24.4 Å². The van der Waals surface area contributed by atoms with Crippen LogP contribution in [0.2, 0.25) is 0 Å². The van der Waals surface area contributed by atoms with Gasteiger partial charge in [-0.15, -0.1) is 0 Å². The zero-order valence-electron chi connectivity index (χ0n) is 18.8. The predicted molar refractivity (Wildman–Crippen MR) is 132 cm³/mol. The number of nitrogens with one attached hydrogen (secondary N) is 1. The average Bonchev–Trinajstić information content (AvgIpc) is 2.81. The quantitative estimate of drug-likeness (QED) is 0.271. The Morgan fingerprint density at radius 3 is 1.48 bits per heavy atom. The van der Waals surface area contributed by atoms with Gasteiger partial charge in [-0.25, -0.2) is 0 Å². The van der Waals surface area contributed by atoms with Crippen molar-refractivity contribution in [2.45, 2.75) is 152 Å². The molecule has 0 aromatic heterocycles. The van der Waals surface area contributed by atoms with Gasteiger partial charge in [0.1, 0.15) is 5.58 Å². The predicted octanol–water partition coefficient (Wildman–Crippen LogP) is 7.74. The van der Waals surface area contributed by atoms with Crippen LogP contribution in [0.25, 0.3) is 0 Å². The summed E-state index contributed by atoms with van der Waals surface area (Å²) >= 11 is 6.92. The van der Waals surface area contributed by atoms with Crippen molar-refractivity contribution < 1.29 is 0 Å². The van der Waals surface area contributed by atoms with Crippen LogP contribution in [0.1, 0.15) is 128 Å². The largest absolute Gasteiger partial charge is 0.367 e. The zero-order valence-corrected chi connectivity index (χ0v) is 20.5. The maximum absolute atomic E-state index is 6.92. The van der Waals surface area contributed by atoms with Gasteiger partial charge in [-0.1, -0.05) is 88.9 Å². The van der Waals surface area contributed by atoms with Crippen molar-refractivity contribution in [2.24, 2.45) is 4.99 Å². The molecule has 4 fully saturated rings. The summed E-state index contributed by atoms with van der Waals surface area (Å²) < 4.78 is 0. The molecule has 166 valence electrons. The van der Waals surface area contributed by atoms with E-state index in [0.717, 1.165) is 11.3 Å². The Labute approximate surface area is 185 Å². The zero-order chi connectivity index (χ0) is 19.9. The van der Waals surface area contributed by atoms with E-state index < -0.39 is 6.04 Å². The number of hydrogen-bond acceptors (Lipinski definition) is 2. The van der Waals surface area contributed by atoms with Gasteiger partial charge in [-0.3, -0.25) is 4.99 Å². The average molecular weight is 437 g/mol. The molecule has 0 bridgehead atoms. The van der Waals surface area contributed by atoms with E-state index in [0.29, 0.717) is 12.1 Å². The summed E-state index contributed by atoms with van der Waals surface area (Å²) in [5, 5.41) is 4.13. The molecule has 4 saturated carbocycles. The summed E-state index contributed by atoms with van der Waals surface area (Å²) in [6.45, 7) is 0. The summed E-state index contributed by atoms with van der Waals surface area (Å²) in [4.78, 5) is 5.60. The first-order valence-corrected chi connectivity index (χ1v) is 16.1. The maximum atomic E-state index is 6.92. The van der Waals surface area contributed by atoms with E-state index in [4.69, 9.17) is 16.8 Å². The van der Waals surface area contributed by atoms with Gasteiger partial charge < -0.3 is 5.32 Å². The van der Waals surface area contributed by atoms with E-state index in [2.05, 4.69) is 5.32 Å². The molecule has 1 N–H and O–H groups in total. The van der Waals surface area contributed by atoms with Crippen molar-refractivity contribution in [1.82, 2.24) is 5.32 Å². The number of rotatable bonds is 5. The van der Waals surface area contributed by atoms with Crippen molar-refractivity contribution in [3.63, 3.8) is 0 Å². The molecule has 29 heavy (non-hydrogen) atoms. The first-order valence-electron chi connectivity index (χ1n) is 13.2. The van der Waals surface area contributed by atoms with Crippen LogP contribution in [0, 0.1) is 0 Å². The van der Waals surface area contributed by atoms with Gasteiger partial charge in [0.05, 0.1) is 6.04 Å².